The fraction of sp³-hybridized carbons (Fsp3) is 0.250. The first kappa shape index (κ1) is 16.6. The molecular formula is C16H16Br2O3. The minimum Gasteiger partial charge on any atom is -0.352 e. The minimum absolute atomic E-state index is 0.508. The van der Waals surface area contributed by atoms with Crippen molar-refractivity contribution in [3.63, 3.8) is 0 Å². The van der Waals surface area contributed by atoms with Crippen molar-refractivity contribution in [2.24, 2.45) is 0 Å². The van der Waals surface area contributed by atoms with Gasteiger partial charge in [0, 0.05) is 34.3 Å². The van der Waals surface area contributed by atoms with Crippen LogP contribution in [0.3, 0.4) is 0 Å². The first-order chi connectivity index (χ1) is 10.1. The molecule has 0 spiro atoms. The van der Waals surface area contributed by atoms with Crippen LogP contribution in [0.2, 0.25) is 0 Å². The first-order valence-electron chi connectivity index (χ1n) is 6.36. The van der Waals surface area contributed by atoms with Gasteiger partial charge in [0.05, 0.1) is 0 Å². The lowest BCUT2D eigenvalue weighted by Gasteiger charge is -2.23. The van der Waals surface area contributed by atoms with E-state index in [0.29, 0.717) is 0 Å². The third kappa shape index (κ3) is 4.63. The Balaban J connectivity index is 2.19. The zero-order valence-corrected chi connectivity index (χ0v) is 14.9. The largest absolute Gasteiger partial charge is 0.352 e. The minimum atomic E-state index is -0.508. The number of rotatable bonds is 6. The first-order valence-corrected chi connectivity index (χ1v) is 7.94. The van der Waals surface area contributed by atoms with Crippen LogP contribution in [-0.2, 0) is 14.2 Å². The van der Waals surface area contributed by atoms with Gasteiger partial charge in [-0.1, -0.05) is 56.1 Å². The highest BCUT2D eigenvalue weighted by atomic mass is 79.9. The van der Waals surface area contributed by atoms with Crippen molar-refractivity contribution in [1.29, 1.82) is 0 Å². The van der Waals surface area contributed by atoms with Gasteiger partial charge in [0.25, 0.3) is 0 Å². The Morgan fingerprint density at radius 3 is 1.52 bits per heavy atom. The summed E-state index contributed by atoms with van der Waals surface area (Å²) in [5, 5.41) is 0. The van der Waals surface area contributed by atoms with Crippen LogP contribution in [0.15, 0.2) is 57.5 Å². The van der Waals surface area contributed by atoms with Gasteiger partial charge >= 0.3 is 0 Å². The van der Waals surface area contributed by atoms with E-state index in [1.165, 1.54) is 0 Å². The van der Waals surface area contributed by atoms with E-state index in [1.807, 2.05) is 48.5 Å². The van der Waals surface area contributed by atoms with Gasteiger partial charge in [-0.25, -0.2) is 0 Å². The number of hydrogen-bond donors (Lipinski definition) is 0. The summed E-state index contributed by atoms with van der Waals surface area (Å²) in [6.07, 6.45) is -1.02. The van der Waals surface area contributed by atoms with Crippen LogP contribution in [0.4, 0.5) is 0 Å². The molecule has 2 atom stereocenters. The van der Waals surface area contributed by atoms with Gasteiger partial charge in [0.15, 0.2) is 12.6 Å². The molecule has 2 aromatic rings. The highest BCUT2D eigenvalue weighted by Gasteiger charge is 2.19. The molecule has 0 saturated heterocycles. The van der Waals surface area contributed by atoms with Crippen LogP contribution >= 0.6 is 31.9 Å². The molecule has 0 bridgehead atoms. The molecule has 0 amide bonds. The molecule has 112 valence electrons. The van der Waals surface area contributed by atoms with E-state index < -0.39 is 12.6 Å². The second kappa shape index (κ2) is 8.06. The number of halogens is 2. The van der Waals surface area contributed by atoms with Gasteiger partial charge in [-0.2, -0.15) is 0 Å². The van der Waals surface area contributed by atoms with E-state index in [2.05, 4.69) is 31.9 Å². The van der Waals surface area contributed by atoms with Crippen molar-refractivity contribution >= 4 is 31.9 Å². The molecule has 0 aliphatic rings. The number of methoxy groups -OCH3 is 2. The van der Waals surface area contributed by atoms with E-state index >= 15 is 0 Å². The number of ether oxygens (including phenoxy) is 3. The summed E-state index contributed by atoms with van der Waals surface area (Å²) in [7, 11) is 3.22. The molecule has 0 radical (unpaired) electrons. The molecule has 2 aromatic carbocycles. The van der Waals surface area contributed by atoms with Crippen molar-refractivity contribution in [1.82, 2.24) is 0 Å². The third-order valence-corrected chi connectivity index (χ3v) is 3.90. The van der Waals surface area contributed by atoms with Crippen molar-refractivity contribution in [2.75, 3.05) is 14.2 Å². The van der Waals surface area contributed by atoms with E-state index in [-0.39, 0.29) is 0 Å². The smallest absolute Gasteiger partial charge is 0.186 e. The average molecular weight is 416 g/mol. The second-order valence-electron chi connectivity index (χ2n) is 4.38. The van der Waals surface area contributed by atoms with Crippen LogP contribution in [-0.4, -0.2) is 14.2 Å². The van der Waals surface area contributed by atoms with Gasteiger partial charge in [-0.05, 0) is 24.3 Å². The topological polar surface area (TPSA) is 27.7 Å². The molecule has 0 N–H and O–H groups in total. The molecule has 2 rings (SSSR count). The molecular weight excluding hydrogens is 400 g/mol. The summed E-state index contributed by atoms with van der Waals surface area (Å²) in [6, 6.07) is 15.6. The Morgan fingerprint density at radius 2 is 1.19 bits per heavy atom. The molecule has 21 heavy (non-hydrogen) atoms. The van der Waals surface area contributed by atoms with E-state index in [4.69, 9.17) is 14.2 Å². The van der Waals surface area contributed by atoms with Crippen LogP contribution in [0, 0.1) is 0 Å². The number of hydrogen-bond acceptors (Lipinski definition) is 3. The molecule has 0 fully saturated rings. The van der Waals surface area contributed by atoms with Crippen molar-refractivity contribution < 1.29 is 14.2 Å². The standard InChI is InChI=1S/C16H16Br2O3/c1-19-15(11-5-3-7-13(17)9-11)21-16(20-2)12-6-4-8-14(18)10-12/h3-10,15-16H,1-2H3. The molecule has 3 nitrogen and oxygen atoms in total. The molecule has 5 heteroatoms. The van der Waals surface area contributed by atoms with Crippen molar-refractivity contribution in [3.8, 4) is 0 Å². The van der Waals surface area contributed by atoms with Gasteiger partial charge in [-0.3, -0.25) is 0 Å². The summed E-state index contributed by atoms with van der Waals surface area (Å²) in [4.78, 5) is 0. The Hall–Kier alpha value is -0.720. The predicted molar refractivity (Wildman–Crippen MR) is 88.9 cm³/mol. The average Bonchev–Trinajstić information content (AvgIpc) is 2.48. The normalized spacial score (nSPS) is 13.9. The summed E-state index contributed by atoms with van der Waals surface area (Å²) in [5.74, 6) is 0. The van der Waals surface area contributed by atoms with Crippen LogP contribution in [0.25, 0.3) is 0 Å². The molecule has 0 aliphatic carbocycles. The third-order valence-electron chi connectivity index (χ3n) is 2.92. The molecule has 0 heterocycles. The summed E-state index contributed by atoms with van der Waals surface area (Å²) in [6.45, 7) is 0. The maximum absolute atomic E-state index is 5.94. The van der Waals surface area contributed by atoms with Gasteiger partial charge in [0.2, 0.25) is 0 Å². The van der Waals surface area contributed by atoms with Crippen molar-refractivity contribution in [2.45, 2.75) is 12.6 Å². The Morgan fingerprint density at radius 1 is 0.762 bits per heavy atom. The lowest BCUT2D eigenvalue weighted by molar-refractivity contribution is -0.237. The lowest BCUT2D eigenvalue weighted by Crippen LogP contribution is -2.13. The fourth-order valence-corrected chi connectivity index (χ4v) is 2.79. The zero-order valence-electron chi connectivity index (χ0n) is 11.8. The maximum atomic E-state index is 5.94. The van der Waals surface area contributed by atoms with Gasteiger partial charge < -0.3 is 14.2 Å². The fourth-order valence-electron chi connectivity index (χ4n) is 1.96. The Bertz CT molecular complexity index is 538. The second-order valence-corrected chi connectivity index (χ2v) is 6.21. The molecule has 0 aromatic heterocycles. The number of benzene rings is 2. The summed E-state index contributed by atoms with van der Waals surface area (Å²) >= 11 is 6.90. The van der Waals surface area contributed by atoms with E-state index in [0.717, 1.165) is 20.1 Å². The Kier molecular flexibility index (Phi) is 6.39. The molecule has 2 unspecified atom stereocenters. The van der Waals surface area contributed by atoms with Crippen LogP contribution in [0.1, 0.15) is 23.7 Å². The van der Waals surface area contributed by atoms with Crippen molar-refractivity contribution in [3.05, 3.63) is 68.6 Å². The highest BCUT2D eigenvalue weighted by Crippen LogP contribution is 2.30. The lowest BCUT2D eigenvalue weighted by atomic mass is 10.2. The molecule has 0 aliphatic heterocycles. The Labute approximate surface area is 141 Å². The zero-order chi connectivity index (χ0) is 15.2. The van der Waals surface area contributed by atoms with Gasteiger partial charge in [-0.15, -0.1) is 0 Å². The van der Waals surface area contributed by atoms with Gasteiger partial charge in [0.1, 0.15) is 0 Å². The van der Waals surface area contributed by atoms with Crippen LogP contribution in [0.5, 0.6) is 0 Å². The maximum Gasteiger partial charge on any atom is 0.186 e. The summed E-state index contributed by atoms with van der Waals surface area (Å²) in [5.41, 5.74) is 1.84. The predicted octanol–water partition coefficient (Wildman–Crippen LogP) is 5.22. The van der Waals surface area contributed by atoms with Crippen LogP contribution < -0.4 is 0 Å². The quantitative estimate of drug-likeness (QED) is 0.605. The SMILES string of the molecule is COC(OC(OC)c1cccc(Br)c1)c1cccc(Br)c1. The van der Waals surface area contributed by atoms with E-state index in [9.17, 15) is 0 Å². The monoisotopic (exact) mass is 414 g/mol. The van der Waals surface area contributed by atoms with E-state index in [1.54, 1.807) is 14.2 Å². The molecule has 0 saturated carbocycles. The highest BCUT2D eigenvalue weighted by molar-refractivity contribution is 9.10. The summed E-state index contributed by atoms with van der Waals surface area (Å²) < 4.78 is 18.8.